The van der Waals surface area contributed by atoms with Crippen LogP contribution in [0.1, 0.15) is 37.7 Å². The second-order valence-corrected chi connectivity index (χ2v) is 7.78. The number of carbonyl (C=O) groups is 1. The SMILES string of the molecule is COCCCN1CC2(CCC1=O)CCN(CC=Cc1ccccc1)CC2. The highest BCUT2D eigenvalue weighted by Gasteiger charge is 2.40. The van der Waals surface area contributed by atoms with Crippen molar-refractivity contribution in [3.05, 3.63) is 42.0 Å². The van der Waals surface area contributed by atoms with Gasteiger partial charge in [-0.15, -0.1) is 0 Å². The fraction of sp³-hybridized carbons (Fsp3) is 0.591. The van der Waals surface area contributed by atoms with Crippen molar-refractivity contribution in [3.8, 4) is 0 Å². The van der Waals surface area contributed by atoms with Gasteiger partial charge in [0.1, 0.15) is 0 Å². The highest BCUT2D eigenvalue weighted by molar-refractivity contribution is 5.77. The third-order valence-electron chi connectivity index (χ3n) is 5.91. The molecule has 0 aromatic heterocycles. The number of nitrogens with zero attached hydrogens (tertiary/aromatic N) is 2. The molecule has 26 heavy (non-hydrogen) atoms. The van der Waals surface area contributed by atoms with Crippen LogP contribution >= 0.6 is 0 Å². The van der Waals surface area contributed by atoms with Crippen molar-refractivity contribution in [1.29, 1.82) is 0 Å². The van der Waals surface area contributed by atoms with Crippen molar-refractivity contribution in [3.63, 3.8) is 0 Å². The Kier molecular flexibility index (Phi) is 6.86. The van der Waals surface area contributed by atoms with Crippen LogP contribution in [0.2, 0.25) is 0 Å². The molecule has 1 amide bonds. The average molecular weight is 357 g/mol. The minimum atomic E-state index is 0.333. The van der Waals surface area contributed by atoms with E-state index >= 15 is 0 Å². The monoisotopic (exact) mass is 356 g/mol. The quantitative estimate of drug-likeness (QED) is 0.702. The lowest BCUT2D eigenvalue weighted by Crippen LogP contribution is -2.51. The maximum Gasteiger partial charge on any atom is 0.222 e. The van der Waals surface area contributed by atoms with Gasteiger partial charge in [-0.25, -0.2) is 0 Å². The number of rotatable bonds is 7. The molecule has 0 atom stereocenters. The zero-order valence-corrected chi connectivity index (χ0v) is 16.0. The normalized spacial score (nSPS) is 21.0. The number of piperidine rings is 2. The first-order valence-corrected chi connectivity index (χ1v) is 9.91. The van der Waals surface area contributed by atoms with Gasteiger partial charge < -0.3 is 9.64 Å². The molecule has 0 aliphatic carbocycles. The van der Waals surface area contributed by atoms with E-state index in [2.05, 4.69) is 52.3 Å². The van der Waals surface area contributed by atoms with Gasteiger partial charge in [0, 0.05) is 39.8 Å². The molecule has 1 spiro atoms. The summed E-state index contributed by atoms with van der Waals surface area (Å²) in [5.74, 6) is 0.333. The van der Waals surface area contributed by atoms with Gasteiger partial charge in [-0.3, -0.25) is 9.69 Å². The van der Waals surface area contributed by atoms with Gasteiger partial charge in [0.05, 0.1) is 0 Å². The number of ether oxygens (including phenoxy) is 1. The number of carbonyl (C=O) groups excluding carboxylic acids is 1. The molecule has 0 unspecified atom stereocenters. The zero-order valence-electron chi connectivity index (χ0n) is 16.0. The summed E-state index contributed by atoms with van der Waals surface area (Å²) in [6, 6.07) is 10.5. The summed E-state index contributed by atoms with van der Waals surface area (Å²) >= 11 is 0. The van der Waals surface area contributed by atoms with Gasteiger partial charge in [-0.2, -0.15) is 0 Å². The summed E-state index contributed by atoms with van der Waals surface area (Å²) in [4.78, 5) is 16.8. The summed E-state index contributed by atoms with van der Waals surface area (Å²) in [6.07, 6.45) is 9.63. The molecule has 0 radical (unpaired) electrons. The summed E-state index contributed by atoms with van der Waals surface area (Å²) in [6.45, 7) is 5.82. The van der Waals surface area contributed by atoms with E-state index < -0.39 is 0 Å². The molecule has 1 aromatic rings. The predicted octanol–water partition coefficient (Wildman–Crippen LogP) is 3.44. The van der Waals surface area contributed by atoms with Crippen molar-refractivity contribution in [2.24, 2.45) is 5.41 Å². The van der Waals surface area contributed by atoms with Crippen LogP contribution in [0.3, 0.4) is 0 Å². The van der Waals surface area contributed by atoms with Crippen molar-refractivity contribution < 1.29 is 9.53 Å². The lowest BCUT2D eigenvalue weighted by atomic mass is 9.72. The van der Waals surface area contributed by atoms with Crippen LogP contribution in [0.25, 0.3) is 6.08 Å². The molecule has 0 saturated carbocycles. The molecule has 2 aliphatic heterocycles. The van der Waals surface area contributed by atoms with E-state index in [4.69, 9.17) is 4.74 Å². The molecular formula is C22H32N2O2. The first kappa shape index (κ1) is 19.1. The number of hydrogen-bond donors (Lipinski definition) is 0. The minimum absolute atomic E-state index is 0.333. The standard InChI is InChI=1S/C22H32N2O2/c1-26-18-6-15-24-19-22(11-10-21(24)25)12-16-23(17-13-22)14-5-9-20-7-3-2-4-8-20/h2-5,7-9H,6,10-19H2,1H3. The van der Waals surface area contributed by atoms with E-state index in [1.165, 1.54) is 18.4 Å². The molecule has 2 aliphatic rings. The van der Waals surface area contributed by atoms with E-state index in [9.17, 15) is 4.79 Å². The maximum atomic E-state index is 12.2. The third-order valence-corrected chi connectivity index (χ3v) is 5.91. The number of benzene rings is 1. The zero-order chi connectivity index (χ0) is 18.2. The second-order valence-electron chi connectivity index (χ2n) is 7.78. The summed E-state index contributed by atoms with van der Waals surface area (Å²) < 4.78 is 5.14. The van der Waals surface area contributed by atoms with E-state index in [0.29, 0.717) is 11.3 Å². The smallest absolute Gasteiger partial charge is 0.222 e. The van der Waals surface area contributed by atoms with Crippen LogP contribution in [0.4, 0.5) is 0 Å². The molecule has 2 heterocycles. The van der Waals surface area contributed by atoms with E-state index in [1.54, 1.807) is 7.11 Å². The Hall–Kier alpha value is -1.65. The Bertz CT molecular complexity index is 591. The van der Waals surface area contributed by atoms with Crippen molar-refractivity contribution in [2.45, 2.75) is 32.1 Å². The van der Waals surface area contributed by atoms with E-state index in [0.717, 1.165) is 58.6 Å². The minimum Gasteiger partial charge on any atom is -0.385 e. The number of likely N-dealkylation sites (tertiary alicyclic amines) is 2. The Morgan fingerprint density at radius 3 is 2.65 bits per heavy atom. The van der Waals surface area contributed by atoms with Gasteiger partial charge in [-0.05, 0) is 49.8 Å². The lowest BCUT2D eigenvalue weighted by molar-refractivity contribution is -0.139. The first-order chi connectivity index (χ1) is 12.7. The molecule has 142 valence electrons. The Labute approximate surface area is 157 Å². The Balaban J connectivity index is 1.46. The largest absolute Gasteiger partial charge is 0.385 e. The molecule has 4 nitrogen and oxygen atoms in total. The Morgan fingerprint density at radius 1 is 1.15 bits per heavy atom. The van der Waals surface area contributed by atoms with Crippen LogP contribution in [0.15, 0.2) is 36.4 Å². The molecule has 1 aromatic carbocycles. The number of amides is 1. The molecule has 3 rings (SSSR count). The van der Waals surface area contributed by atoms with Gasteiger partial charge in [0.2, 0.25) is 5.91 Å². The van der Waals surface area contributed by atoms with Crippen LogP contribution in [-0.2, 0) is 9.53 Å². The molecule has 2 saturated heterocycles. The van der Waals surface area contributed by atoms with Crippen LogP contribution in [0, 0.1) is 5.41 Å². The molecule has 0 N–H and O–H groups in total. The van der Waals surface area contributed by atoms with Crippen molar-refractivity contribution >= 4 is 12.0 Å². The van der Waals surface area contributed by atoms with Gasteiger partial charge in [0.15, 0.2) is 0 Å². The summed E-state index contributed by atoms with van der Waals surface area (Å²) in [5.41, 5.74) is 1.61. The topological polar surface area (TPSA) is 32.8 Å². The van der Waals surface area contributed by atoms with Crippen LogP contribution in [-0.4, -0.2) is 62.1 Å². The van der Waals surface area contributed by atoms with Gasteiger partial charge in [-0.1, -0.05) is 42.5 Å². The van der Waals surface area contributed by atoms with Crippen molar-refractivity contribution in [1.82, 2.24) is 9.80 Å². The average Bonchev–Trinajstić information content (AvgIpc) is 2.67. The summed E-state index contributed by atoms with van der Waals surface area (Å²) in [5, 5.41) is 0. The Morgan fingerprint density at radius 2 is 1.92 bits per heavy atom. The highest BCUT2D eigenvalue weighted by atomic mass is 16.5. The molecule has 4 heteroatoms. The van der Waals surface area contributed by atoms with Crippen LogP contribution < -0.4 is 0 Å². The fourth-order valence-electron chi connectivity index (χ4n) is 4.23. The number of methoxy groups -OCH3 is 1. The fourth-order valence-corrected chi connectivity index (χ4v) is 4.23. The second kappa shape index (κ2) is 9.33. The third kappa shape index (κ3) is 5.18. The molecular weight excluding hydrogens is 324 g/mol. The predicted molar refractivity (Wildman–Crippen MR) is 106 cm³/mol. The summed E-state index contributed by atoms with van der Waals surface area (Å²) in [7, 11) is 1.72. The lowest BCUT2D eigenvalue weighted by Gasteiger charge is -2.47. The van der Waals surface area contributed by atoms with E-state index in [-0.39, 0.29) is 0 Å². The molecule has 2 fully saturated rings. The highest BCUT2D eigenvalue weighted by Crippen LogP contribution is 2.40. The maximum absolute atomic E-state index is 12.2. The van der Waals surface area contributed by atoms with Crippen LogP contribution in [0.5, 0.6) is 0 Å². The van der Waals surface area contributed by atoms with Crippen molar-refractivity contribution in [2.75, 3.05) is 46.4 Å². The van der Waals surface area contributed by atoms with Gasteiger partial charge in [0.25, 0.3) is 0 Å². The van der Waals surface area contributed by atoms with E-state index in [1.807, 2.05) is 0 Å². The first-order valence-electron chi connectivity index (χ1n) is 9.91. The van der Waals surface area contributed by atoms with Gasteiger partial charge >= 0.3 is 0 Å². The molecule has 0 bridgehead atoms. The number of hydrogen-bond acceptors (Lipinski definition) is 3.